The summed E-state index contributed by atoms with van der Waals surface area (Å²) in [6.45, 7) is 2.01. The van der Waals surface area contributed by atoms with Gasteiger partial charge in [0.1, 0.15) is 31.9 Å². The van der Waals surface area contributed by atoms with Crippen LogP contribution in [0.3, 0.4) is 0 Å². The van der Waals surface area contributed by atoms with E-state index < -0.39 is 47.8 Å². The van der Waals surface area contributed by atoms with Crippen molar-refractivity contribution in [1.29, 1.82) is 0 Å². The lowest BCUT2D eigenvalue weighted by atomic mass is 10.1. The van der Waals surface area contributed by atoms with Crippen molar-refractivity contribution in [3.8, 4) is 0 Å². The van der Waals surface area contributed by atoms with Crippen molar-refractivity contribution >= 4 is 29.7 Å². The SMILES string of the molecule is CCCC(NC(=O)C(N)CCC(=O)NC(CCC(=O)OCc1ccccc1)C(=O)OCc1ccccc1)C(=O)OCc1ccccc1. The third-order valence-corrected chi connectivity index (χ3v) is 7.14. The fraction of sp³-hybridized carbons (Fsp3) is 0.361. The zero-order valence-electron chi connectivity index (χ0n) is 26.6. The molecule has 0 saturated heterocycles. The first-order chi connectivity index (χ1) is 22.7. The molecule has 4 N–H and O–H groups in total. The van der Waals surface area contributed by atoms with Crippen LogP contribution < -0.4 is 16.4 Å². The van der Waals surface area contributed by atoms with Gasteiger partial charge in [0.2, 0.25) is 11.8 Å². The lowest BCUT2D eigenvalue weighted by Gasteiger charge is -2.20. The van der Waals surface area contributed by atoms with Crippen molar-refractivity contribution < 1.29 is 38.2 Å². The minimum Gasteiger partial charge on any atom is -0.461 e. The molecule has 0 aliphatic heterocycles. The van der Waals surface area contributed by atoms with Crippen LogP contribution in [0.15, 0.2) is 91.0 Å². The van der Waals surface area contributed by atoms with Crippen LogP contribution in [0.5, 0.6) is 0 Å². The summed E-state index contributed by atoms with van der Waals surface area (Å²) >= 11 is 0. The minimum atomic E-state index is -1.13. The normalized spacial score (nSPS) is 12.6. The molecule has 0 spiro atoms. The van der Waals surface area contributed by atoms with Crippen molar-refractivity contribution in [3.63, 3.8) is 0 Å². The van der Waals surface area contributed by atoms with Crippen LogP contribution in [0.25, 0.3) is 0 Å². The zero-order valence-corrected chi connectivity index (χ0v) is 26.6. The van der Waals surface area contributed by atoms with Crippen LogP contribution in [0, 0.1) is 0 Å². The van der Waals surface area contributed by atoms with Gasteiger partial charge in [0.25, 0.3) is 0 Å². The third kappa shape index (κ3) is 13.9. The first kappa shape index (κ1) is 36.4. The number of amides is 2. The van der Waals surface area contributed by atoms with Crippen LogP contribution in [0.1, 0.15) is 62.1 Å². The van der Waals surface area contributed by atoms with Gasteiger partial charge in [0.15, 0.2) is 0 Å². The van der Waals surface area contributed by atoms with Crippen LogP contribution in [-0.2, 0) is 58.0 Å². The lowest BCUT2D eigenvalue weighted by molar-refractivity contribution is -0.150. The van der Waals surface area contributed by atoms with E-state index in [9.17, 15) is 24.0 Å². The van der Waals surface area contributed by atoms with Crippen LogP contribution >= 0.6 is 0 Å². The Hall–Kier alpha value is -5.03. The van der Waals surface area contributed by atoms with Crippen LogP contribution in [-0.4, -0.2) is 47.8 Å². The molecule has 0 aromatic heterocycles. The zero-order chi connectivity index (χ0) is 33.9. The second kappa shape index (κ2) is 20.2. The number of esters is 3. The average molecular weight is 646 g/mol. The van der Waals surface area contributed by atoms with E-state index in [2.05, 4.69) is 10.6 Å². The molecule has 0 aliphatic rings. The Bertz CT molecular complexity index is 1420. The molecule has 3 aromatic carbocycles. The summed E-state index contributed by atoms with van der Waals surface area (Å²) in [4.78, 5) is 63.7. The van der Waals surface area contributed by atoms with Crippen molar-refractivity contribution in [3.05, 3.63) is 108 Å². The third-order valence-electron chi connectivity index (χ3n) is 7.14. The number of carbonyl (C=O) groups is 5. The molecule has 2 amide bonds. The highest BCUT2D eigenvalue weighted by Crippen LogP contribution is 2.10. The van der Waals surface area contributed by atoms with E-state index in [1.165, 1.54) is 0 Å². The maximum atomic E-state index is 13.0. The molecule has 0 aliphatic carbocycles. The van der Waals surface area contributed by atoms with Crippen molar-refractivity contribution in [2.24, 2.45) is 5.73 Å². The van der Waals surface area contributed by atoms with Crippen molar-refractivity contribution in [2.75, 3.05) is 0 Å². The quantitative estimate of drug-likeness (QED) is 0.130. The van der Waals surface area contributed by atoms with Crippen LogP contribution in [0.2, 0.25) is 0 Å². The van der Waals surface area contributed by atoms with Gasteiger partial charge in [-0.3, -0.25) is 14.4 Å². The predicted octanol–water partition coefficient (Wildman–Crippen LogP) is 3.87. The molecule has 11 heteroatoms. The molecule has 3 unspecified atom stereocenters. The summed E-state index contributed by atoms with van der Waals surface area (Å²) in [7, 11) is 0. The maximum absolute atomic E-state index is 13.0. The topological polar surface area (TPSA) is 163 Å². The van der Waals surface area contributed by atoms with E-state index in [1.807, 2.05) is 85.8 Å². The molecular weight excluding hydrogens is 602 g/mol. The summed E-state index contributed by atoms with van der Waals surface area (Å²) in [5.41, 5.74) is 8.45. The molecule has 3 aromatic rings. The number of benzene rings is 3. The van der Waals surface area contributed by atoms with E-state index in [1.54, 1.807) is 12.1 Å². The Morgan fingerprint density at radius 2 is 1.04 bits per heavy atom. The van der Waals surface area contributed by atoms with Gasteiger partial charge in [-0.2, -0.15) is 0 Å². The van der Waals surface area contributed by atoms with E-state index in [0.29, 0.717) is 12.8 Å². The number of rotatable bonds is 19. The molecule has 0 fully saturated rings. The Morgan fingerprint density at radius 3 is 1.51 bits per heavy atom. The second-order valence-electron chi connectivity index (χ2n) is 11.0. The molecule has 3 rings (SSSR count). The standard InChI is InChI=1S/C36H43N3O8/c1-2-12-30(35(43)46-24-27-15-8-4-9-16-27)39-34(42)29(37)19-21-32(40)38-31(36(44)47-25-28-17-10-5-11-18-28)20-22-33(41)45-23-26-13-6-3-7-14-26/h3-11,13-18,29-31H,2,12,19-25,37H2,1H3,(H,38,40)(H,39,42). The number of carbonyl (C=O) groups excluding carboxylic acids is 5. The van der Waals surface area contributed by atoms with Gasteiger partial charge in [0, 0.05) is 12.8 Å². The monoisotopic (exact) mass is 645 g/mol. The first-order valence-electron chi connectivity index (χ1n) is 15.7. The Morgan fingerprint density at radius 1 is 0.596 bits per heavy atom. The highest BCUT2D eigenvalue weighted by molar-refractivity contribution is 5.88. The predicted molar refractivity (Wildman–Crippen MR) is 174 cm³/mol. The Labute approximate surface area is 275 Å². The smallest absolute Gasteiger partial charge is 0.328 e. The fourth-order valence-corrected chi connectivity index (χ4v) is 4.48. The summed E-state index contributed by atoms with van der Waals surface area (Å²) in [5.74, 6) is -2.98. The van der Waals surface area contributed by atoms with Gasteiger partial charge < -0.3 is 30.6 Å². The van der Waals surface area contributed by atoms with E-state index >= 15 is 0 Å². The summed E-state index contributed by atoms with van der Waals surface area (Å²) in [5, 5.41) is 5.24. The Kier molecular flexibility index (Phi) is 15.6. The second-order valence-corrected chi connectivity index (χ2v) is 11.0. The summed E-state index contributed by atoms with van der Waals surface area (Å²) < 4.78 is 16.1. The Balaban J connectivity index is 1.50. The van der Waals surface area contributed by atoms with E-state index in [0.717, 1.165) is 16.7 Å². The average Bonchev–Trinajstić information content (AvgIpc) is 3.10. The van der Waals surface area contributed by atoms with Crippen molar-refractivity contribution in [1.82, 2.24) is 10.6 Å². The highest BCUT2D eigenvalue weighted by Gasteiger charge is 2.27. The van der Waals surface area contributed by atoms with Gasteiger partial charge in [-0.1, -0.05) is 104 Å². The minimum absolute atomic E-state index is 0.0117. The fourth-order valence-electron chi connectivity index (χ4n) is 4.48. The summed E-state index contributed by atoms with van der Waals surface area (Å²) in [6.07, 6.45) is 0.535. The van der Waals surface area contributed by atoms with Gasteiger partial charge in [0.05, 0.1) is 6.04 Å². The van der Waals surface area contributed by atoms with Gasteiger partial charge in [-0.15, -0.1) is 0 Å². The van der Waals surface area contributed by atoms with Gasteiger partial charge in [-0.05, 0) is 36.0 Å². The molecule has 3 atom stereocenters. The number of hydrogen-bond acceptors (Lipinski definition) is 9. The number of nitrogens with two attached hydrogens (primary N) is 1. The highest BCUT2D eigenvalue weighted by atomic mass is 16.5. The van der Waals surface area contributed by atoms with Crippen molar-refractivity contribution in [2.45, 2.75) is 83.4 Å². The number of hydrogen-bond donors (Lipinski definition) is 3. The largest absolute Gasteiger partial charge is 0.461 e. The molecule has 47 heavy (non-hydrogen) atoms. The van der Waals surface area contributed by atoms with Gasteiger partial charge in [-0.25, -0.2) is 9.59 Å². The molecule has 11 nitrogen and oxygen atoms in total. The molecule has 0 heterocycles. The van der Waals surface area contributed by atoms with E-state index in [-0.39, 0.29) is 45.5 Å². The summed E-state index contributed by atoms with van der Waals surface area (Å²) in [6, 6.07) is 24.3. The maximum Gasteiger partial charge on any atom is 0.328 e. The molecule has 0 bridgehead atoms. The van der Waals surface area contributed by atoms with Crippen LogP contribution in [0.4, 0.5) is 0 Å². The molecule has 250 valence electrons. The molecular formula is C36H43N3O8. The van der Waals surface area contributed by atoms with Gasteiger partial charge >= 0.3 is 17.9 Å². The number of nitrogens with one attached hydrogen (secondary N) is 2. The lowest BCUT2D eigenvalue weighted by Crippen LogP contribution is -2.49. The van der Waals surface area contributed by atoms with E-state index in [4.69, 9.17) is 19.9 Å². The molecule has 0 saturated carbocycles. The molecule has 0 radical (unpaired) electrons. The first-order valence-corrected chi connectivity index (χ1v) is 15.7. The number of ether oxygens (including phenoxy) is 3.